The number of halogens is 3. The van der Waals surface area contributed by atoms with E-state index in [4.69, 9.17) is 0 Å². The average molecular weight is 272 g/mol. The summed E-state index contributed by atoms with van der Waals surface area (Å²) in [6.45, 7) is 6.75. The number of hydrogen-bond donors (Lipinski definition) is 1. The smallest absolute Gasteiger partial charge is 0.315 e. The molecule has 2 rings (SSSR count). The predicted molar refractivity (Wildman–Crippen MR) is 68.8 cm³/mol. The summed E-state index contributed by atoms with van der Waals surface area (Å²) in [5.74, 6) is 0.567. The van der Waals surface area contributed by atoms with Gasteiger partial charge >= 0.3 is 6.18 Å². The fourth-order valence-corrected chi connectivity index (χ4v) is 2.38. The Morgan fingerprint density at radius 3 is 2.58 bits per heavy atom. The number of nitrogens with zero attached hydrogens (tertiary/aromatic N) is 1. The Morgan fingerprint density at radius 2 is 1.95 bits per heavy atom. The highest BCUT2D eigenvalue weighted by molar-refractivity contribution is 5.24. The van der Waals surface area contributed by atoms with E-state index in [1.165, 1.54) is 0 Å². The monoisotopic (exact) mass is 272 g/mol. The lowest BCUT2D eigenvalue weighted by Crippen LogP contribution is -2.28. The molecule has 0 aliphatic carbocycles. The van der Waals surface area contributed by atoms with Gasteiger partial charge < -0.3 is 5.32 Å². The SMILES string of the molecule is CC1CNCCN(Cc2ccc(C(F)(F)F)cc2)C1. The maximum Gasteiger partial charge on any atom is 0.416 e. The van der Waals surface area contributed by atoms with Crippen LogP contribution in [0.25, 0.3) is 0 Å². The molecule has 1 saturated heterocycles. The van der Waals surface area contributed by atoms with Crippen LogP contribution in [-0.4, -0.2) is 31.1 Å². The van der Waals surface area contributed by atoms with Crippen molar-refractivity contribution in [1.29, 1.82) is 0 Å². The lowest BCUT2D eigenvalue weighted by molar-refractivity contribution is -0.137. The summed E-state index contributed by atoms with van der Waals surface area (Å²) in [4.78, 5) is 2.28. The van der Waals surface area contributed by atoms with Gasteiger partial charge in [-0.15, -0.1) is 0 Å². The molecule has 1 fully saturated rings. The summed E-state index contributed by atoms with van der Waals surface area (Å²) in [5, 5.41) is 3.35. The number of hydrogen-bond acceptors (Lipinski definition) is 2. The van der Waals surface area contributed by atoms with Crippen LogP contribution in [0.2, 0.25) is 0 Å². The second kappa shape index (κ2) is 5.92. The molecular weight excluding hydrogens is 253 g/mol. The molecule has 1 aromatic carbocycles. The average Bonchev–Trinajstić information content (AvgIpc) is 2.53. The summed E-state index contributed by atoms with van der Waals surface area (Å²) < 4.78 is 37.4. The zero-order valence-corrected chi connectivity index (χ0v) is 11.0. The number of nitrogens with one attached hydrogen (secondary N) is 1. The highest BCUT2D eigenvalue weighted by Gasteiger charge is 2.30. The van der Waals surface area contributed by atoms with Crippen molar-refractivity contribution in [3.05, 3.63) is 35.4 Å². The maximum absolute atomic E-state index is 12.5. The number of alkyl halides is 3. The van der Waals surface area contributed by atoms with E-state index < -0.39 is 11.7 Å². The van der Waals surface area contributed by atoms with Crippen LogP contribution in [0.1, 0.15) is 18.1 Å². The van der Waals surface area contributed by atoms with Crippen molar-refractivity contribution in [3.63, 3.8) is 0 Å². The highest BCUT2D eigenvalue weighted by Crippen LogP contribution is 2.29. The van der Waals surface area contributed by atoms with E-state index in [2.05, 4.69) is 17.1 Å². The fourth-order valence-electron chi connectivity index (χ4n) is 2.38. The molecule has 5 heteroatoms. The van der Waals surface area contributed by atoms with Gasteiger partial charge in [-0.3, -0.25) is 4.90 Å². The summed E-state index contributed by atoms with van der Waals surface area (Å²) in [5.41, 5.74) is 0.351. The minimum atomic E-state index is -4.25. The second-order valence-electron chi connectivity index (χ2n) is 5.24. The van der Waals surface area contributed by atoms with Crippen LogP contribution in [0, 0.1) is 5.92 Å². The standard InChI is InChI=1S/C14H19F3N2/c1-11-8-18-6-7-19(9-11)10-12-2-4-13(5-3-12)14(15,16)17/h2-5,11,18H,6-10H2,1H3. The number of benzene rings is 1. The first-order chi connectivity index (χ1) is 8.95. The first kappa shape index (κ1) is 14.3. The van der Waals surface area contributed by atoms with Crippen LogP contribution >= 0.6 is 0 Å². The molecule has 0 bridgehead atoms. The third kappa shape index (κ3) is 4.21. The molecule has 106 valence electrons. The van der Waals surface area contributed by atoms with E-state index in [0.717, 1.165) is 43.9 Å². The molecule has 19 heavy (non-hydrogen) atoms. The van der Waals surface area contributed by atoms with E-state index >= 15 is 0 Å². The van der Waals surface area contributed by atoms with Gasteiger partial charge in [-0.1, -0.05) is 19.1 Å². The molecule has 0 amide bonds. The molecule has 0 saturated carbocycles. The van der Waals surface area contributed by atoms with Crippen molar-refractivity contribution < 1.29 is 13.2 Å². The van der Waals surface area contributed by atoms with Crippen molar-refractivity contribution in [2.45, 2.75) is 19.6 Å². The van der Waals surface area contributed by atoms with Crippen molar-refractivity contribution >= 4 is 0 Å². The maximum atomic E-state index is 12.5. The van der Waals surface area contributed by atoms with Gasteiger partial charge in [-0.05, 0) is 30.2 Å². The molecule has 1 heterocycles. The first-order valence-corrected chi connectivity index (χ1v) is 6.54. The van der Waals surface area contributed by atoms with E-state index in [9.17, 15) is 13.2 Å². The van der Waals surface area contributed by atoms with Gasteiger partial charge in [0, 0.05) is 26.2 Å². The van der Waals surface area contributed by atoms with E-state index in [1.54, 1.807) is 12.1 Å². The van der Waals surface area contributed by atoms with Gasteiger partial charge in [0.05, 0.1) is 5.56 Å². The van der Waals surface area contributed by atoms with Crippen molar-refractivity contribution in [2.75, 3.05) is 26.2 Å². The fraction of sp³-hybridized carbons (Fsp3) is 0.571. The quantitative estimate of drug-likeness (QED) is 0.890. The molecule has 0 radical (unpaired) electrons. The zero-order valence-electron chi connectivity index (χ0n) is 11.0. The Hall–Kier alpha value is -1.07. The Kier molecular flexibility index (Phi) is 4.47. The third-order valence-electron chi connectivity index (χ3n) is 3.35. The molecule has 1 unspecified atom stereocenters. The van der Waals surface area contributed by atoms with E-state index in [-0.39, 0.29) is 0 Å². The molecule has 0 aromatic heterocycles. The van der Waals surface area contributed by atoms with Crippen LogP contribution in [0.15, 0.2) is 24.3 Å². The van der Waals surface area contributed by atoms with Gasteiger partial charge in [0.25, 0.3) is 0 Å². The summed E-state index contributed by atoms with van der Waals surface area (Å²) >= 11 is 0. The topological polar surface area (TPSA) is 15.3 Å². The van der Waals surface area contributed by atoms with Crippen LogP contribution in [0.5, 0.6) is 0 Å². The van der Waals surface area contributed by atoms with Crippen molar-refractivity contribution in [1.82, 2.24) is 10.2 Å². The minimum absolute atomic E-state index is 0.567. The molecule has 1 aliphatic rings. The summed E-state index contributed by atoms with van der Waals surface area (Å²) in [6.07, 6.45) is -4.25. The molecule has 0 spiro atoms. The highest BCUT2D eigenvalue weighted by atomic mass is 19.4. The lowest BCUT2D eigenvalue weighted by atomic mass is 10.1. The Morgan fingerprint density at radius 1 is 1.26 bits per heavy atom. The molecule has 2 nitrogen and oxygen atoms in total. The van der Waals surface area contributed by atoms with Gasteiger partial charge in [0.2, 0.25) is 0 Å². The lowest BCUT2D eigenvalue weighted by Gasteiger charge is -2.22. The van der Waals surface area contributed by atoms with Crippen LogP contribution in [-0.2, 0) is 12.7 Å². The van der Waals surface area contributed by atoms with Crippen molar-refractivity contribution in [3.8, 4) is 0 Å². The van der Waals surface area contributed by atoms with Gasteiger partial charge in [-0.2, -0.15) is 13.2 Å². The van der Waals surface area contributed by atoms with Crippen LogP contribution in [0.4, 0.5) is 13.2 Å². The van der Waals surface area contributed by atoms with Crippen molar-refractivity contribution in [2.24, 2.45) is 5.92 Å². The molecule has 1 aliphatic heterocycles. The zero-order chi connectivity index (χ0) is 13.9. The summed E-state index contributed by atoms with van der Waals surface area (Å²) in [7, 11) is 0. The molecular formula is C14H19F3N2. The van der Waals surface area contributed by atoms with Crippen LogP contribution in [0.3, 0.4) is 0 Å². The Bertz CT molecular complexity index is 400. The summed E-state index contributed by atoms with van der Waals surface area (Å²) in [6, 6.07) is 5.47. The minimum Gasteiger partial charge on any atom is -0.315 e. The normalized spacial score (nSPS) is 22.2. The van der Waals surface area contributed by atoms with Gasteiger partial charge in [0.15, 0.2) is 0 Å². The molecule has 1 aromatic rings. The van der Waals surface area contributed by atoms with E-state index in [0.29, 0.717) is 12.5 Å². The largest absolute Gasteiger partial charge is 0.416 e. The Labute approximate surface area is 111 Å². The molecule has 1 N–H and O–H groups in total. The van der Waals surface area contributed by atoms with Gasteiger partial charge in [-0.25, -0.2) is 0 Å². The predicted octanol–water partition coefficient (Wildman–Crippen LogP) is 2.75. The van der Waals surface area contributed by atoms with Crippen LogP contribution < -0.4 is 5.32 Å². The first-order valence-electron chi connectivity index (χ1n) is 6.54. The molecule has 1 atom stereocenters. The number of rotatable bonds is 2. The second-order valence-corrected chi connectivity index (χ2v) is 5.24. The van der Waals surface area contributed by atoms with E-state index in [1.807, 2.05) is 0 Å². The van der Waals surface area contributed by atoms with Gasteiger partial charge in [0.1, 0.15) is 0 Å². The Balaban J connectivity index is 1.99. The third-order valence-corrected chi connectivity index (χ3v) is 3.35.